The van der Waals surface area contributed by atoms with Crippen LogP contribution in [0.15, 0.2) is 24.3 Å². The van der Waals surface area contributed by atoms with E-state index in [0.717, 1.165) is 30.6 Å². The maximum Gasteiger partial charge on any atom is 0.227 e. The van der Waals surface area contributed by atoms with Gasteiger partial charge in [0, 0.05) is 18.3 Å². The van der Waals surface area contributed by atoms with E-state index in [2.05, 4.69) is 43.5 Å². The van der Waals surface area contributed by atoms with Gasteiger partial charge < -0.3 is 10.6 Å². The lowest BCUT2D eigenvalue weighted by atomic mass is 9.87. The van der Waals surface area contributed by atoms with Crippen molar-refractivity contribution in [1.82, 2.24) is 5.32 Å². The van der Waals surface area contributed by atoms with Gasteiger partial charge in [-0.25, -0.2) is 0 Å². The van der Waals surface area contributed by atoms with Crippen molar-refractivity contribution >= 4 is 11.6 Å². The molecule has 0 aromatic heterocycles. The van der Waals surface area contributed by atoms with Crippen LogP contribution in [0.3, 0.4) is 0 Å². The summed E-state index contributed by atoms with van der Waals surface area (Å²) in [6.45, 7) is 7.35. The van der Waals surface area contributed by atoms with Crippen LogP contribution in [0.1, 0.15) is 51.5 Å². The number of nitrogens with one attached hydrogen (secondary N) is 2. The first-order valence-electron chi connectivity index (χ1n) is 7.71. The second kappa shape index (κ2) is 6.78. The van der Waals surface area contributed by atoms with Gasteiger partial charge in [-0.2, -0.15) is 0 Å². The van der Waals surface area contributed by atoms with Gasteiger partial charge in [0.1, 0.15) is 0 Å². The Morgan fingerprint density at radius 3 is 2.90 bits per heavy atom. The minimum Gasteiger partial charge on any atom is -0.382 e. The summed E-state index contributed by atoms with van der Waals surface area (Å²) in [5, 5.41) is 6.55. The first-order valence-corrected chi connectivity index (χ1v) is 7.71. The maximum absolute atomic E-state index is 12.4. The summed E-state index contributed by atoms with van der Waals surface area (Å²) >= 11 is 0. The summed E-state index contributed by atoms with van der Waals surface area (Å²) < 4.78 is 0. The van der Waals surface area contributed by atoms with Crippen LogP contribution in [-0.4, -0.2) is 18.5 Å². The molecule has 1 aromatic rings. The molecule has 1 amide bonds. The first-order chi connectivity index (χ1) is 9.58. The van der Waals surface area contributed by atoms with E-state index in [4.69, 9.17) is 0 Å². The van der Waals surface area contributed by atoms with Crippen molar-refractivity contribution in [1.29, 1.82) is 0 Å². The molecule has 0 radical (unpaired) electrons. The lowest BCUT2D eigenvalue weighted by Crippen LogP contribution is -2.36. The fraction of sp³-hybridized carbons (Fsp3) is 0.588. The van der Waals surface area contributed by atoms with E-state index in [0.29, 0.717) is 12.0 Å². The van der Waals surface area contributed by atoms with Crippen LogP contribution >= 0.6 is 0 Å². The SMILES string of the molecule is CC(C)CCCNC(=O)[C@@H]1C[C@H](C)Nc2ccccc21. The van der Waals surface area contributed by atoms with Crippen molar-refractivity contribution in [3.63, 3.8) is 0 Å². The van der Waals surface area contributed by atoms with Gasteiger partial charge >= 0.3 is 0 Å². The largest absolute Gasteiger partial charge is 0.382 e. The molecule has 0 unspecified atom stereocenters. The summed E-state index contributed by atoms with van der Waals surface area (Å²) in [6.07, 6.45) is 3.10. The highest BCUT2D eigenvalue weighted by atomic mass is 16.1. The molecule has 1 heterocycles. The Kier molecular flexibility index (Phi) is 5.05. The number of fused-ring (bicyclic) bond motifs is 1. The number of benzene rings is 1. The molecular weight excluding hydrogens is 248 g/mol. The van der Waals surface area contributed by atoms with Gasteiger partial charge in [-0.15, -0.1) is 0 Å². The summed E-state index contributed by atoms with van der Waals surface area (Å²) in [6, 6.07) is 8.49. The molecular formula is C17H26N2O. The molecule has 1 aliphatic heterocycles. The number of carbonyl (C=O) groups excluding carboxylic acids is 1. The number of hydrogen-bond acceptors (Lipinski definition) is 2. The number of anilines is 1. The van der Waals surface area contributed by atoms with E-state index in [1.807, 2.05) is 12.1 Å². The van der Waals surface area contributed by atoms with E-state index >= 15 is 0 Å². The average molecular weight is 274 g/mol. The van der Waals surface area contributed by atoms with Crippen LogP contribution in [0.2, 0.25) is 0 Å². The minimum atomic E-state index is -0.0125. The van der Waals surface area contributed by atoms with Gasteiger partial charge in [0.25, 0.3) is 0 Å². The number of rotatable bonds is 5. The quantitative estimate of drug-likeness (QED) is 0.807. The zero-order valence-corrected chi connectivity index (χ0v) is 12.8. The number of hydrogen-bond donors (Lipinski definition) is 2. The number of amides is 1. The maximum atomic E-state index is 12.4. The van der Waals surface area contributed by atoms with Crippen LogP contribution in [-0.2, 0) is 4.79 Å². The van der Waals surface area contributed by atoms with E-state index in [1.54, 1.807) is 0 Å². The normalized spacial score (nSPS) is 21.2. The molecule has 2 atom stereocenters. The highest BCUT2D eigenvalue weighted by Gasteiger charge is 2.29. The van der Waals surface area contributed by atoms with Gasteiger partial charge in [-0.1, -0.05) is 32.0 Å². The monoisotopic (exact) mass is 274 g/mol. The zero-order valence-electron chi connectivity index (χ0n) is 12.8. The smallest absolute Gasteiger partial charge is 0.227 e. The van der Waals surface area contributed by atoms with Crippen molar-refractivity contribution in [3.05, 3.63) is 29.8 Å². The van der Waals surface area contributed by atoms with Crippen molar-refractivity contribution in [2.45, 2.75) is 52.0 Å². The molecule has 0 saturated heterocycles. The fourth-order valence-electron chi connectivity index (χ4n) is 2.83. The molecule has 1 aromatic carbocycles. The van der Waals surface area contributed by atoms with Crippen molar-refractivity contribution < 1.29 is 4.79 Å². The summed E-state index contributed by atoms with van der Waals surface area (Å²) in [5.74, 6) is 0.864. The predicted octanol–water partition coefficient (Wildman–Crippen LogP) is 3.53. The van der Waals surface area contributed by atoms with Crippen molar-refractivity contribution in [3.8, 4) is 0 Å². The lowest BCUT2D eigenvalue weighted by molar-refractivity contribution is -0.122. The second-order valence-corrected chi connectivity index (χ2v) is 6.25. The highest BCUT2D eigenvalue weighted by Crippen LogP contribution is 2.34. The van der Waals surface area contributed by atoms with Gasteiger partial charge in [0.2, 0.25) is 5.91 Å². The summed E-state index contributed by atoms with van der Waals surface area (Å²) in [4.78, 5) is 12.4. The van der Waals surface area contributed by atoms with Crippen LogP contribution < -0.4 is 10.6 Å². The molecule has 20 heavy (non-hydrogen) atoms. The van der Waals surface area contributed by atoms with E-state index in [-0.39, 0.29) is 11.8 Å². The molecule has 2 N–H and O–H groups in total. The highest BCUT2D eigenvalue weighted by molar-refractivity contribution is 5.86. The summed E-state index contributed by atoms with van der Waals surface area (Å²) in [5.41, 5.74) is 2.24. The Morgan fingerprint density at radius 1 is 1.40 bits per heavy atom. The third kappa shape index (κ3) is 3.75. The van der Waals surface area contributed by atoms with E-state index < -0.39 is 0 Å². The fourth-order valence-corrected chi connectivity index (χ4v) is 2.83. The lowest BCUT2D eigenvalue weighted by Gasteiger charge is -2.30. The second-order valence-electron chi connectivity index (χ2n) is 6.25. The molecule has 2 rings (SSSR count). The van der Waals surface area contributed by atoms with Crippen molar-refractivity contribution in [2.24, 2.45) is 5.92 Å². The Morgan fingerprint density at radius 2 is 2.15 bits per heavy atom. The van der Waals surface area contributed by atoms with Gasteiger partial charge in [-0.05, 0) is 43.7 Å². The number of carbonyl (C=O) groups is 1. The van der Waals surface area contributed by atoms with Gasteiger partial charge in [0.15, 0.2) is 0 Å². The van der Waals surface area contributed by atoms with Crippen LogP contribution in [0.5, 0.6) is 0 Å². The molecule has 3 heteroatoms. The Hall–Kier alpha value is -1.51. The third-order valence-electron chi connectivity index (χ3n) is 3.90. The summed E-state index contributed by atoms with van der Waals surface area (Å²) in [7, 11) is 0. The molecule has 3 nitrogen and oxygen atoms in total. The Balaban J connectivity index is 1.96. The van der Waals surface area contributed by atoms with Crippen LogP contribution in [0, 0.1) is 5.92 Å². The van der Waals surface area contributed by atoms with Gasteiger partial charge in [-0.3, -0.25) is 4.79 Å². The molecule has 110 valence electrons. The third-order valence-corrected chi connectivity index (χ3v) is 3.90. The molecule has 0 aliphatic carbocycles. The molecule has 0 spiro atoms. The molecule has 0 fully saturated rings. The number of para-hydroxylation sites is 1. The topological polar surface area (TPSA) is 41.1 Å². The predicted molar refractivity (Wildman–Crippen MR) is 84.0 cm³/mol. The Labute approximate surface area is 122 Å². The zero-order chi connectivity index (χ0) is 14.5. The minimum absolute atomic E-state index is 0.0125. The standard InChI is InChI=1S/C17H26N2O/c1-12(2)7-6-10-18-17(20)15-11-13(3)19-16-9-5-4-8-14(15)16/h4-5,8-9,12-13,15,19H,6-7,10-11H2,1-3H3,(H,18,20)/t13-,15+/m0/s1. The molecule has 0 saturated carbocycles. The molecule has 0 bridgehead atoms. The average Bonchev–Trinajstić information content (AvgIpc) is 2.42. The first kappa shape index (κ1) is 14.9. The van der Waals surface area contributed by atoms with Crippen LogP contribution in [0.25, 0.3) is 0 Å². The Bertz CT molecular complexity index is 456. The van der Waals surface area contributed by atoms with E-state index in [9.17, 15) is 4.79 Å². The van der Waals surface area contributed by atoms with E-state index in [1.165, 1.54) is 6.42 Å². The van der Waals surface area contributed by atoms with Gasteiger partial charge in [0.05, 0.1) is 5.92 Å². The molecule has 1 aliphatic rings. The van der Waals surface area contributed by atoms with Crippen LogP contribution in [0.4, 0.5) is 5.69 Å². The van der Waals surface area contributed by atoms with Crippen molar-refractivity contribution in [2.75, 3.05) is 11.9 Å².